The number of hydrogen-bond acceptors (Lipinski definition) is 2. The minimum absolute atomic E-state index is 0.300. The first kappa shape index (κ1) is 36.0. The smallest absolute Gasteiger partial charge is 0.142 e. The van der Waals surface area contributed by atoms with E-state index in [1.165, 1.54) is 22.8 Å². The molecule has 38 heavy (non-hydrogen) atoms. The van der Waals surface area contributed by atoms with Crippen molar-refractivity contribution in [3.8, 4) is 5.75 Å². The molecule has 2 aromatic carbocycles. The second-order valence-electron chi connectivity index (χ2n) is 7.89. The topological polar surface area (TPSA) is 37.3 Å². The summed E-state index contributed by atoms with van der Waals surface area (Å²) in [5.74, 6) is 0.300. The summed E-state index contributed by atoms with van der Waals surface area (Å²) in [6.07, 6.45) is 27.4. The Morgan fingerprint density at radius 1 is 0.684 bits per heavy atom. The fourth-order valence-corrected chi connectivity index (χ4v) is 2.69. The molecular weight excluding hydrogens is 464 g/mol. The number of hydrogen-bond donors (Lipinski definition) is 1. The maximum absolute atomic E-state index is 9.70. The van der Waals surface area contributed by atoms with E-state index in [4.69, 9.17) is 0 Å². The maximum atomic E-state index is 9.70. The molecule has 0 atom stereocenters. The number of phenolic OH excluding ortho intramolecular Hbond substituents is 1. The minimum Gasteiger partial charge on any atom is -0.508 e. The Balaban J connectivity index is 0. The highest BCUT2D eigenvalue weighted by Gasteiger charge is 1.93. The molecule has 1 N–H and O–H groups in total. The Bertz CT molecular complexity index is 1080. The van der Waals surface area contributed by atoms with Gasteiger partial charge in [0.25, 0.3) is 0 Å². The zero-order valence-electron chi connectivity index (χ0n) is 24.3. The van der Waals surface area contributed by atoms with Crippen molar-refractivity contribution >= 4 is 18.4 Å². The summed E-state index contributed by atoms with van der Waals surface area (Å²) in [5, 5.41) is 9.19. The number of allylic oxidation sites excluding steroid dienone is 13. The van der Waals surface area contributed by atoms with Crippen molar-refractivity contribution in [1.29, 1.82) is 0 Å². The SMILES string of the molecule is C/C=C/C=C/C=C/C=O.C=C(C)/C=C/C=C/C=C/C.CC.Cc1cc(C)cc(/C=C/c2ccc(O)cc2)c1. The van der Waals surface area contributed by atoms with Gasteiger partial charge in [0.05, 0.1) is 0 Å². The van der Waals surface area contributed by atoms with Crippen LogP contribution in [0.3, 0.4) is 0 Å². The van der Waals surface area contributed by atoms with E-state index in [1.807, 2.05) is 108 Å². The van der Waals surface area contributed by atoms with Crippen molar-refractivity contribution in [3.63, 3.8) is 0 Å². The lowest BCUT2D eigenvalue weighted by Crippen LogP contribution is -1.80. The van der Waals surface area contributed by atoms with Crippen LogP contribution in [0.25, 0.3) is 12.2 Å². The van der Waals surface area contributed by atoms with E-state index in [0.29, 0.717) is 5.75 Å². The predicted octanol–water partition coefficient (Wildman–Crippen LogP) is 10.3. The van der Waals surface area contributed by atoms with Crippen LogP contribution in [-0.2, 0) is 4.79 Å². The lowest BCUT2D eigenvalue weighted by atomic mass is 10.1. The Hall–Kier alpha value is -4.17. The van der Waals surface area contributed by atoms with E-state index in [-0.39, 0.29) is 0 Å². The largest absolute Gasteiger partial charge is 0.508 e. The molecule has 2 aromatic rings. The van der Waals surface area contributed by atoms with Crippen molar-refractivity contribution in [3.05, 3.63) is 150 Å². The molecule has 0 fully saturated rings. The molecule has 2 nitrogen and oxygen atoms in total. The third kappa shape index (κ3) is 23.6. The molecule has 0 bridgehead atoms. The van der Waals surface area contributed by atoms with Crippen molar-refractivity contribution in [1.82, 2.24) is 0 Å². The average molecular weight is 511 g/mol. The summed E-state index contributed by atoms with van der Waals surface area (Å²) in [7, 11) is 0. The Morgan fingerprint density at radius 2 is 1.13 bits per heavy atom. The number of benzene rings is 2. The number of phenols is 1. The van der Waals surface area contributed by atoms with Crippen LogP contribution >= 0.6 is 0 Å². The molecule has 0 amide bonds. The molecule has 0 radical (unpaired) electrons. The maximum Gasteiger partial charge on any atom is 0.142 e. The molecule has 0 aliphatic heterocycles. The van der Waals surface area contributed by atoms with Crippen LogP contribution in [-0.4, -0.2) is 11.4 Å². The molecule has 0 unspecified atom stereocenters. The highest BCUT2D eigenvalue weighted by atomic mass is 16.3. The highest BCUT2D eigenvalue weighted by molar-refractivity contribution is 5.70. The van der Waals surface area contributed by atoms with Crippen LogP contribution in [0.15, 0.2) is 128 Å². The van der Waals surface area contributed by atoms with E-state index in [2.05, 4.69) is 44.7 Å². The summed E-state index contributed by atoms with van der Waals surface area (Å²) in [6.45, 7) is 17.8. The Kier molecular flexibility index (Phi) is 24.5. The first-order valence-electron chi connectivity index (χ1n) is 12.9. The van der Waals surface area contributed by atoms with E-state index in [1.54, 1.807) is 24.3 Å². The quantitative estimate of drug-likeness (QED) is 0.166. The van der Waals surface area contributed by atoms with Gasteiger partial charge < -0.3 is 5.11 Å². The Morgan fingerprint density at radius 3 is 1.61 bits per heavy atom. The van der Waals surface area contributed by atoms with Gasteiger partial charge in [-0.2, -0.15) is 0 Å². The van der Waals surface area contributed by atoms with Crippen molar-refractivity contribution in [2.24, 2.45) is 0 Å². The highest BCUT2D eigenvalue weighted by Crippen LogP contribution is 2.15. The summed E-state index contributed by atoms with van der Waals surface area (Å²) < 4.78 is 0. The average Bonchev–Trinajstić information content (AvgIpc) is 2.89. The van der Waals surface area contributed by atoms with Crippen LogP contribution in [0.1, 0.15) is 56.9 Å². The van der Waals surface area contributed by atoms with Crippen LogP contribution in [0.4, 0.5) is 0 Å². The van der Waals surface area contributed by atoms with Crippen LogP contribution in [0, 0.1) is 13.8 Å². The molecule has 0 spiro atoms. The molecule has 2 rings (SSSR count). The molecule has 2 heteroatoms. The van der Waals surface area contributed by atoms with Gasteiger partial charge in [-0.05, 0) is 64.0 Å². The standard InChI is InChI=1S/C16H16O.C10H14.C8H10O.C2H6/c1-12-9-13(2)11-15(10-12)4-3-14-5-7-16(17)8-6-14;1-4-5-6-7-8-9-10(2)3;1-2-3-4-5-6-7-8-9;1-2/h3-11,17H,1-2H3;4-9H,2H2,1,3H3;2-8H,1H3;1-2H3/b4-3+;5-4+,7-6+,9-8+;3-2+,5-4+,7-6+;. The molecule has 0 aliphatic rings. The van der Waals surface area contributed by atoms with Crippen LogP contribution in [0.5, 0.6) is 5.75 Å². The first-order valence-corrected chi connectivity index (χ1v) is 12.9. The first-order chi connectivity index (χ1) is 18.3. The van der Waals surface area contributed by atoms with Crippen LogP contribution in [0.2, 0.25) is 0 Å². The molecule has 0 aliphatic carbocycles. The second-order valence-corrected chi connectivity index (χ2v) is 7.89. The van der Waals surface area contributed by atoms with Gasteiger partial charge in [0, 0.05) is 0 Å². The van der Waals surface area contributed by atoms with Gasteiger partial charge in [-0.3, -0.25) is 4.79 Å². The number of carbonyl (C=O) groups is 1. The second kappa shape index (κ2) is 25.9. The number of rotatable bonds is 8. The molecule has 0 heterocycles. The van der Waals surface area contributed by atoms with E-state index >= 15 is 0 Å². The normalized spacial score (nSPS) is 11.1. The van der Waals surface area contributed by atoms with Crippen molar-refractivity contribution in [2.75, 3.05) is 0 Å². The zero-order chi connectivity index (χ0) is 29.0. The van der Waals surface area contributed by atoms with E-state index in [0.717, 1.165) is 17.4 Å². The van der Waals surface area contributed by atoms with Crippen molar-refractivity contribution < 1.29 is 9.90 Å². The van der Waals surface area contributed by atoms with Crippen LogP contribution < -0.4 is 0 Å². The molecule has 0 aromatic heterocycles. The van der Waals surface area contributed by atoms with Gasteiger partial charge in [0.15, 0.2) is 0 Å². The summed E-state index contributed by atoms with van der Waals surface area (Å²) >= 11 is 0. The monoisotopic (exact) mass is 510 g/mol. The van der Waals surface area contributed by atoms with Gasteiger partial charge >= 0.3 is 0 Å². The fourth-order valence-electron chi connectivity index (χ4n) is 2.69. The van der Waals surface area contributed by atoms with E-state index < -0.39 is 0 Å². The van der Waals surface area contributed by atoms with Gasteiger partial charge in [0.1, 0.15) is 12.0 Å². The van der Waals surface area contributed by atoms with Crippen molar-refractivity contribution in [2.45, 2.75) is 48.5 Å². The minimum atomic E-state index is 0.300. The van der Waals surface area contributed by atoms with Gasteiger partial charge in [-0.25, -0.2) is 0 Å². The van der Waals surface area contributed by atoms with E-state index in [9.17, 15) is 9.90 Å². The third-order valence-corrected chi connectivity index (χ3v) is 4.23. The Labute approximate surface area is 232 Å². The number of carbonyl (C=O) groups excluding carboxylic acids is 1. The number of aldehydes is 1. The summed E-state index contributed by atoms with van der Waals surface area (Å²) in [6, 6.07) is 13.7. The molecular formula is C36H46O2. The number of aromatic hydroxyl groups is 1. The van der Waals surface area contributed by atoms with Gasteiger partial charge in [-0.15, -0.1) is 0 Å². The number of aryl methyl sites for hydroxylation is 2. The lowest BCUT2D eigenvalue weighted by Gasteiger charge is -2.00. The lowest BCUT2D eigenvalue weighted by molar-refractivity contribution is -0.104. The molecule has 202 valence electrons. The molecule has 0 saturated heterocycles. The summed E-state index contributed by atoms with van der Waals surface area (Å²) in [4.78, 5) is 9.70. The third-order valence-electron chi connectivity index (χ3n) is 4.23. The van der Waals surface area contributed by atoms with Gasteiger partial charge in [0.2, 0.25) is 0 Å². The van der Waals surface area contributed by atoms with Gasteiger partial charge in [-0.1, -0.05) is 146 Å². The zero-order valence-corrected chi connectivity index (χ0v) is 24.3. The molecule has 0 saturated carbocycles. The predicted molar refractivity (Wildman–Crippen MR) is 171 cm³/mol. The summed E-state index contributed by atoms with van der Waals surface area (Å²) in [5.41, 5.74) is 5.91. The fraction of sp³-hybridized carbons (Fsp3) is 0.194.